The number of allylic oxidation sites excluding steroid dienone is 1. The fraction of sp³-hybridized carbons (Fsp3) is 0.867. The molecule has 0 aromatic rings. The van der Waals surface area contributed by atoms with Gasteiger partial charge in [0.25, 0.3) is 0 Å². The van der Waals surface area contributed by atoms with Gasteiger partial charge in [0.15, 0.2) is 5.79 Å². The number of aliphatic hydroxyl groups is 2. The lowest BCUT2D eigenvalue weighted by molar-refractivity contribution is -0.155. The Morgan fingerprint density at radius 3 is 2.58 bits per heavy atom. The first kappa shape index (κ1) is 16.6. The van der Waals surface area contributed by atoms with E-state index in [4.69, 9.17) is 14.6 Å². The molecule has 1 rings (SSSR count). The lowest BCUT2D eigenvalue weighted by atomic mass is 10.1. The van der Waals surface area contributed by atoms with Crippen molar-refractivity contribution in [1.82, 2.24) is 0 Å². The molecule has 1 saturated heterocycles. The van der Waals surface area contributed by atoms with Crippen LogP contribution >= 0.6 is 0 Å². The van der Waals surface area contributed by atoms with Gasteiger partial charge in [0.2, 0.25) is 0 Å². The molecule has 3 atom stereocenters. The molecule has 0 radical (unpaired) electrons. The molecule has 19 heavy (non-hydrogen) atoms. The second-order valence-corrected chi connectivity index (χ2v) is 5.59. The zero-order valence-electron chi connectivity index (χ0n) is 12.3. The third-order valence-electron chi connectivity index (χ3n) is 3.28. The van der Waals surface area contributed by atoms with Gasteiger partial charge in [-0.2, -0.15) is 0 Å². The maximum atomic E-state index is 9.74. The monoisotopic (exact) mass is 272 g/mol. The predicted molar refractivity (Wildman–Crippen MR) is 74.8 cm³/mol. The van der Waals surface area contributed by atoms with Crippen molar-refractivity contribution in [2.75, 3.05) is 6.61 Å². The summed E-state index contributed by atoms with van der Waals surface area (Å²) in [6.45, 7) is 5.52. The highest BCUT2D eigenvalue weighted by molar-refractivity contribution is 5.00. The molecule has 0 amide bonds. The van der Waals surface area contributed by atoms with Gasteiger partial charge in [-0.1, -0.05) is 38.3 Å². The fourth-order valence-corrected chi connectivity index (χ4v) is 2.29. The molecule has 1 heterocycles. The number of aliphatic hydroxyl groups excluding tert-OH is 2. The van der Waals surface area contributed by atoms with Crippen LogP contribution in [-0.4, -0.2) is 40.9 Å². The second kappa shape index (κ2) is 8.00. The van der Waals surface area contributed by atoms with Crippen molar-refractivity contribution >= 4 is 0 Å². The van der Waals surface area contributed by atoms with Gasteiger partial charge in [-0.15, -0.1) is 0 Å². The Morgan fingerprint density at radius 2 is 1.95 bits per heavy atom. The maximum absolute atomic E-state index is 9.74. The van der Waals surface area contributed by atoms with Crippen LogP contribution in [0.1, 0.15) is 52.9 Å². The highest BCUT2D eigenvalue weighted by Crippen LogP contribution is 2.30. The minimum atomic E-state index is -0.906. The number of hydrogen-bond acceptors (Lipinski definition) is 4. The Balaban J connectivity index is 2.43. The van der Waals surface area contributed by atoms with Crippen LogP contribution in [0.3, 0.4) is 0 Å². The second-order valence-electron chi connectivity index (χ2n) is 5.59. The molecule has 4 heteroatoms. The van der Waals surface area contributed by atoms with Crippen LogP contribution in [0.5, 0.6) is 0 Å². The first-order chi connectivity index (χ1) is 9.00. The molecule has 0 aliphatic carbocycles. The van der Waals surface area contributed by atoms with Gasteiger partial charge >= 0.3 is 0 Å². The van der Waals surface area contributed by atoms with E-state index in [0.717, 1.165) is 6.42 Å². The van der Waals surface area contributed by atoms with E-state index in [-0.39, 0.29) is 12.7 Å². The predicted octanol–water partition coefficient (Wildman–Crippen LogP) is 2.39. The number of ether oxygens (including phenoxy) is 2. The molecule has 4 nitrogen and oxygen atoms in total. The Labute approximate surface area is 116 Å². The number of hydrogen-bond donors (Lipinski definition) is 2. The molecular weight excluding hydrogens is 244 g/mol. The van der Waals surface area contributed by atoms with Gasteiger partial charge in [-0.25, -0.2) is 0 Å². The van der Waals surface area contributed by atoms with Crippen molar-refractivity contribution in [2.24, 2.45) is 0 Å². The van der Waals surface area contributed by atoms with Crippen molar-refractivity contribution in [3.05, 3.63) is 12.2 Å². The molecule has 0 unspecified atom stereocenters. The summed E-state index contributed by atoms with van der Waals surface area (Å²) in [4.78, 5) is 0. The molecule has 1 aliphatic heterocycles. The average Bonchev–Trinajstić information content (AvgIpc) is 2.68. The minimum Gasteiger partial charge on any atom is -0.394 e. The van der Waals surface area contributed by atoms with Gasteiger partial charge in [-0.05, 0) is 26.7 Å². The van der Waals surface area contributed by atoms with E-state index < -0.39 is 18.0 Å². The summed E-state index contributed by atoms with van der Waals surface area (Å²) in [6.07, 6.45) is 8.30. The minimum absolute atomic E-state index is 0.289. The third-order valence-corrected chi connectivity index (χ3v) is 3.28. The first-order valence-corrected chi connectivity index (χ1v) is 7.31. The Hall–Kier alpha value is -0.420. The van der Waals surface area contributed by atoms with E-state index >= 15 is 0 Å². The van der Waals surface area contributed by atoms with Gasteiger partial charge in [0, 0.05) is 0 Å². The SMILES string of the molecule is CCCCCC/C=C/[C@H]1OC(C)(C)O[C@H]1[C@@H](O)CO. The van der Waals surface area contributed by atoms with E-state index in [9.17, 15) is 5.11 Å². The van der Waals surface area contributed by atoms with Gasteiger partial charge < -0.3 is 19.7 Å². The highest BCUT2D eigenvalue weighted by Gasteiger charge is 2.43. The van der Waals surface area contributed by atoms with E-state index in [0.29, 0.717) is 0 Å². The van der Waals surface area contributed by atoms with Gasteiger partial charge in [0.1, 0.15) is 18.3 Å². The normalized spacial score (nSPS) is 28.1. The van der Waals surface area contributed by atoms with E-state index in [2.05, 4.69) is 13.0 Å². The van der Waals surface area contributed by atoms with Gasteiger partial charge in [-0.3, -0.25) is 0 Å². The molecule has 0 aromatic carbocycles. The largest absolute Gasteiger partial charge is 0.394 e. The smallest absolute Gasteiger partial charge is 0.164 e. The molecule has 0 bridgehead atoms. The van der Waals surface area contributed by atoms with Crippen molar-refractivity contribution in [3.8, 4) is 0 Å². The molecular formula is C15H28O4. The molecule has 1 aliphatic rings. The van der Waals surface area contributed by atoms with E-state index in [1.54, 1.807) is 0 Å². The lowest BCUT2D eigenvalue weighted by Crippen LogP contribution is -2.37. The summed E-state index contributed by atoms with van der Waals surface area (Å²) in [7, 11) is 0. The van der Waals surface area contributed by atoms with Crippen LogP contribution < -0.4 is 0 Å². The summed E-state index contributed by atoms with van der Waals surface area (Å²) in [5, 5.41) is 18.8. The van der Waals surface area contributed by atoms with Crippen molar-refractivity contribution in [1.29, 1.82) is 0 Å². The Kier molecular flexibility index (Phi) is 7.00. The first-order valence-electron chi connectivity index (χ1n) is 7.31. The number of unbranched alkanes of at least 4 members (excludes halogenated alkanes) is 4. The van der Waals surface area contributed by atoms with Crippen molar-refractivity contribution in [3.63, 3.8) is 0 Å². The zero-order valence-corrected chi connectivity index (χ0v) is 12.3. The van der Waals surface area contributed by atoms with Crippen LogP contribution in [0.25, 0.3) is 0 Å². The van der Waals surface area contributed by atoms with E-state index in [1.165, 1.54) is 25.7 Å². The molecule has 0 saturated carbocycles. The fourth-order valence-electron chi connectivity index (χ4n) is 2.29. The van der Waals surface area contributed by atoms with Crippen LogP contribution in [0.4, 0.5) is 0 Å². The summed E-state index contributed by atoms with van der Waals surface area (Å²) >= 11 is 0. The molecule has 1 fully saturated rings. The van der Waals surface area contributed by atoms with E-state index in [1.807, 2.05) is 19.9 Å². The Bertz CT molecular complexity index is 275. The van der Waals surface area contributed by atoms with Gasteiger partial charge in [0.05, 0.1) is 6.61 Å². The quantitative estimate of drug-likeness (QED) is 0.526. The van der Waals surface area contributed by atoms with Crippen molar-refractivity contribution < 1.29 is 19.7 Å². The average molecular weight is 272 g/mol. The summed E-state index contributed by atoms with van der Waals surface area (Å²) in [5.74, 6) is -0.710. The van der Waals surface area contributed by atoms with Crippen LogP contribution in [0.2, 0.25) is 0 Å². The van der Waals surface area contributed by atoms with Crippen LogP contribution in [-0.2, 0) is 9.47 Å². The topological polar surface area (TPSA) is 58.9 Å². The third kappa shape index (κ3) is 5.61. The van der Waals surface area contributed by atoms with Crippen LogP contribution in [0.15, 0.2) is 12.2 Å². The highest BCUT2D eigenvalue weighted by atomic mass is 16.8. The van der Waals surface area contributed by atoms with Crippen LogP contribution in [0, 0.1) is 0 Å². The molecule has 0 spiro atoms. The lowest BCUT2D eigenvalue weighted by Gasteiger charge is -2.19. The Morgan fingerprint density at radius 1 is 1.21 bits per heavy atom. The number of rotatable bonds is 8. The standard InChI is InChI=1S/C15H28O4/c1-4-5-6-7-8-9-10-13-14(12(17)11-16)19-15(2,3)18-13/h9-10,12-14,16-17H,4-8,11H2,1-3H3/b10-9+/t12-,13+,14-/m0/s1. The summed E-state index contributed by atoms with van der Waals surface area (Å²) in [5.41, 5.74) is 0. The van der Waals surface area contributed by atoms with Crippen molar-refractivity contribution in [2.45, 2.75) is 77.0 Å². The summed E-state index contributed by atoms with van der Waals surface area (Å²) < 4.78 is 11.4. The summed E-state index contributed by atoms with van der Waals surface area (Å²) in [6, 6.07) is 0. The zero-order chi connectivity index (χ0) is 14.3. The molecule has 0 aromatic heterocycles. The maximum Gasteiger partial charge on any atom is 0.164 e. The molecule has 112 valence electrons. The molecule has 2 N–H and O–H groups in total.